The molecule has 1 aromatic carbocycles. The van der Waals surface area contributed by atoms with Crippen LogP contribution in [0.3, 0.4) is 0 Å². The van der Waals surface area contributed by atoms with Crippen LogP contribution in [0.5, 0.6) is 0 Å². The van der Waals surface area contributed by atoms with E-state index in [0.717, 1.165) is 11.1 Å². The highest BCUT2D eigenvalue weighted by atomic mass is 32.1. The van der Waals surface area contributed by atoms with E-state index in [2.05, 4.69) is 15.6 Å². The van der Waals surface area contributed by atoms with E-state index < -0.39 is 0 Å². The standard InChI is InChI=1S/C20H18N4O2S/c25-18-11-22-19-17(24(18)12-14-4-2-1-3-5-14)8-16(10-21-19)20(26)23-9-15-6-7-27-13-15/h1-8,10,13H,9,11-12H2,(H,21,22)(H,23,26). The number of thiophene rings is 1. The Bertz CT molecular complexity index is 957. The summed E-state index contributed by atoms with van der Waals surface area (Å²) in [5.41, 5.74) is 3.13. The van der Waals surface area contributed by atoms with Gasteiger partial charge in [-0.15, -0.1) is 0 Å². The predicted molar refractivity (Wildman–Crippen MR) is 106 cm³/mol. The number of hydrogen-bond donors (Lipinski definition) is 2. The van der Waals surface area contributed by atoms with Gasteiger partial charge in [0.05, 0.1) is 24.3 Å². The second-order valence-electron chi connectivity index (χ2n) is 6.23. The molecule has 4 rings (SSSR count). The second-order valence-corrected chi connectivity index (χ2v) is 7.01. The topological polar surface area (TPSA) is 74.3 Å². The summed E-state index contributed by atoms with van der Waals surface area (Å²) in [6.07, 6.45) is 1.53. The van der Waals surface area contributed by atoms with Gasteiger partial charge in [-0.1, -0.05) is 30.3 Å². The van der Waals surface area contributed by atoms with Gasteiger partial charge in [0, 0.05) is 12.7 Å². The fraction of sp³-hybridized carbons (Fsp3) is 0.150. The molecule has 0 fully saturated rings. The lowest BCUT2D eigenvalue weighted by atomic mass is 10.1. The molecule has 7 heteroatoms. The lowest BCUT2D eigenvalue weighted by molar-refractivity contribution is -0.117. The maximum absolute atomic E-state index is 12.5. The zero-order chi connectivity index (χ0) is 18.6. The van der Waals surface area contributed by atoms with Crippen molar-refractivity contribution in [1.82, 2.24) is 10.3 Å². The molecule has 0 spiro atoms. The van der Waals surface area contributed by atoms with E-state index in [1.807, 2.05) is 47.2 Å². The SMILES string of the molecule is O=C(NCc1ccsc1)c1cnc2c(c1)N(Cc1ccccc1)C(=O)CN2. The first kappa shape index (κ1) is 17.2. The Morgan fingerprint density at radius 2 is 2.07 bits per heavy atom. The number of rotatable bonds is 5. The average molecular weight is 378 g/mol. The molecule has 0 bridgehead atoms. The number of carbonyl (C=O) groups is 2. The van der Waals surface area contributed by atoms with Gasteiger partial charge in [0.15, 0.2) is 5.82 Å². The molecule has 1 aliphatic rings. The van der Waals surface area contributed by atoms with Gasteiger partial charge in [-0.3, -0.25) is 9.59 Å². The van der Waals surface area contributed by atoms with Gasteiger partial charge < -0.3 is 15.5 Å². The first-order valence-electron chi connectivity index (χ1n) is 8.58. The van der Waals surface area contributed by atoms with Crippen molar-refractivity contribution in [2.75, 3.05) is 16.8 Å². The lowest BCUT2D eigenvalue weighted by Crippen LogP contribution is -2.40. The Kier molecular flexibility index (Phi) is 4.84. The van der Waals surface area contributed by atoms with Crippen molar-refractivity contribution in [3.05, 3.63) is 76.1 Å². The van der Waals surface area contributed by atoms with E-state index in [-0.39, 0.29) is 18.4 Å². The molecule has 0 aliphatic carbocycles. The molecule has 6 nitrogen and oxygen atoms in total. The molecule has 27 heavy (non-hydrogen) atoms. The lowest BCUT2D eigenvalue weighted by Gasteiger charge is -2.29. The smallest absolute Gasteiger partial charge is 0.253 e. The number of anilines is 2. The average Bonchev–Trinajstić information content (AvgIpc) is 3.22. The van der Waals surface area contributed by atoms with E-state index in [9.17, 15) is 9.59 Å². The Labute approximate surface area is 160 Å². The highest BCUT2D eigenvalue weighted by Gasteiger charge is 2.26. The van der Waals surface area contributed by atoms with Gasteiger partial charge in [0.2, 0.25) is 5.91 Å². The minimum Gasteiger partial charge on any atom is -0.359 e. The number of aromatic nitrogens is 1. The van der Waals surface area contributed by atoms with Gasteiger partial charge >= 0.3 is 0 Å². The minimum atomic E-state index is -0.214. The summed E-state index contributed by atoms with van der Waals surface area (Å²) >= 11 is 1.59. The Morgan fingerprint density at radius 3 is 2.85 bits per heavy atom. The number of benzene rings is 1. The number of carbonyl (C=O) groups excluding carboxylic acids is 2. The third-order valence-corrected chi connectivity index (χ3v) is 5.08. The minimum absolute atomic E-state index is 0.0519. The van der Waals surface area contributed by atoms with Gasteiger partial charge in [-0.05, 0) is 34.0 Å². The molecule has 1 aliphatic heterocycles. The summed E-state index contributed by atoms with van der Waals surface area (Å²) < 4.78 is 0. The molecule has 0 radical (unpaired) electrons. The quantitative estimate of drug-likeness (QED) is 0.716. The number of pyridine rings is 1. The van der Waals surface area contributed by atoms with E-state index in [1.165, 1.54) is 6.20 Å². The number of hydrogen-bond acceptors (Lipinski definition) is 5. The zero-order valence-corrected chi connectivity index (χ0v) is 15.3. The number of nitrogens with zero attached hydrogens (tertiary/aromatic N) is 2. The number of nitrogens with one attached hydrogen (secondary N) is 2. The molecule has 0 atom stereocenters. The highest BCUT2D eigenvalue weighted by Crippen LogP contribution is 2.29. The first-order valence-corrected chi connectivity index (χ1v) is 9.52. The summed E-state index contributed by atoms with van der Waals surface area (Å²) in [5.74, 6) is 0.345. The van der Waals surface area contributed by atoms with Crippen LogP contribution < -0.4 is 15.5 Å². The molecule has 0 saturated carbocycles. The summed E-state index contributed by atoms with van der Waals surface area (Å²) in [6.45, 7) is 1.09. The fourth-order valence-corrected chi connectivity index (χ4v) is 3.59. The molecule has 3 aromatic rings. The monoisotopic (exact) mass is 378 g/mol. The maximum Gasteiger partial charge on any atom is 0.253 e. The Balaban J connectivity index is 1.56. The number of fused-ring (bicyclic) bond motifs is 1. The normalized spacial score (nSPS) is 13.0. The zero-order valence-electron chi connectivity index (χ0n) is 14.5. The summed E-state index contributed by atoms with van der Waals surface area (Å²) in [7, 11) is 0. The second kappa shape index (κ2) is 7.59. The summed E-state index contributed by atoms with van der Waals surface area (Å²) in [5, 5.41) is 9.87. The van der Waals surface area contributed by atoms with Crippen molar-refractivity contribution in [3.63, 3.8) is 0 Å². The van der Waals surface area contributed by atoms with E-state index in [1.54, 1.807) is 22.3 Å². The van der Waals surface area contributed by atoms with Crippen LogP contribution in [0.25, 0.3) is 0 Å². The molecule has 2 aromatic heterocycles. The van der Waals surface area contributed by atoms with Crippen LogP contribution in [0.4, 0.5) is 11.5 Å². The van der Waals surface area contributed by atoms with Crippen LogP contribution >= 0.6 is 11.3 Å². The number of amides is 2. The van der Waals surface area contributed by atoms with Gasteiger partial charge in [-0.25, -0.2) is 4.98 Å². The molecule has 0 saturated heterocycles. The Hall–Kier alpha value is -3.19. The van der Waals surface area contributed by atoms with Gasteiger partial charge in [0.1, 0.15) is 0 Å². The van der Waals surface area contributed by atoms with Crippen molar-refractivity contribution in [1.29, 1.82) is 0 Å². The summed E-state index contributed by atoms with van der Waals surface area (Å²) in [4.78, 5) is 31.0. The van der Waals surface area contributed by atoms with Crippen molar-refractivity contribution in [3.8, 4) is 0 Å². The first-order chi connectivity index (χ1) is 13.2. The molecule has 2 amide bonds. The predicted octanol–water partition coefficient (Wildman–Crippen LogP) is 3.03. The molecule has 0 unspecified atom stereocenters. The molecule has 136 valence electrons. The molecule has 2 N–H and O–H groups in total. The third kappa shape index (κ3) is 3.83. The van der Waals surface area contributed by atoms with Crippen LogP contribution in [-0.2, 0) is 17.9 Å². The van der Waals surface area contributed by atoms with E-state index in [4.69, 9.17) is 0 Å². The van der Waals surface area contributed by atoms with Crippen molar-refractivity contribution in [2.24, 2.45) is 0 Å². The van der Waals surface area contributed by atoms with Crippen LogP contribution in [-0.4, -0.2) is 23.3 Å². The Morgan fingerprint density at radius 1 is 1.22 bits per heavy atom. The fourth-order valence-electron chi connectivity index (χ4n) is 2.93. The summed E-state index contributed by atoms with van der Waals surface area (Å²) in [6, 6.07) is 13.5. The molecular formula is C20H18N4O2S. The largest absolute Gasteiger partial charge is 0.359 e. The van der Waals surface area contributed by atoms with Crippen LogP contribution in [0.1, 0.15) is 21.5 Å². The van der Waals surface area contributed by atoms with E-state index in [0.29, 0.717) is 30.2 Å². The van der Waals surface area contributed by atoms with Crippen molar-refractivity contribution >= 4 is 34.7 Å². The van der Waals surface area contributed by atoms with Crippen molar-refractivity contribution < 1.29 is 9.59 Å². The van der Waals surface area contributed by atoms with Crippen LogP contribution in [0, 0.1) is 0 Å². The van der Waals surface area contributed by atoms with Crippen LogP contribution in [0.15, 0.2) is 59.4 Å². The highest BCUT2D eigenvalue weighted by molar-refractivity contribution is 7.07. The van der Waals surface area contributed by atoms with Gasteiger partial charge in [-0.2, -0.15) is 11.3 Å². The van der Waals surface area contributed by atoms with Crippen molar-refractivity contribution in [2.45, 2.75) is 13.1 Å². The van der Waals surface area contributed by atoms with Gasteiger partial charge in [0.25, 0.3) is 5.91 Å². The molecular weight excluding hydrogens is 360 g/mol. The molecule has 3 heterocycles. The van der Waals surface area contributed by atoms with E-state index >= 15 is 0 Å². The van der Waals surface area contributed by atoms with Crippen LogP contribution in [0.2, 0.25) is 0 Å². The third-order valence-electron chi connectivity index (χ3n) is 4.35. The maximum atomic E-state index is 12.5.